The standard InChI is InChI=1S/C20H30O3/c1-2-3-8-15-19-14(18(22)12-10-16(19)20(15)23)9-11-17(21)13-6-4-5-7-13/h13-19,21-22H,2-8,10,12H2,1H3/t14-,15?,16-,17-,18+,19-/m1/s1. The van der Waals surface area contributed by atoms with Crippen LogP contribution in [0.25, 0.3) is 0 Å². The molecular formula is C20H30O3. The lowest BCUT2D eigenvalue weighted by molar-refractivity contribution is -0.154. The largest absolute Gasteiger partial charge is 0.392 e. The van der Waals surface area contributed by atoms with E-state index in [1.165, 1.54) is 12.8 Å². The van der Waals surface area contributed by atoms with Crippen molar-refractivity contribution >= 4 is 5.78 Å². The molecule has 0 aromatic rings. The lowest BCUT2D eigenvalue weighted by Crippen LogP contribution is -2.56. The van der Waals surface area contributed by atoms with E-state index in [4.69, 9.17) is 0 Å². The summed E-state index contributed by atoms with van der Waals surface area (Å²) >= 11 is 0. The highest BCUT2D eigenvalue weighted by molar-refractivity contribution is 5.90. The summed E-state index contributed by atoms with van der Waals surface area (Å²) in [5, 5.41) is 20.7. The molecule has 3 nitrogen and oxygen atoms in total. The fourth-order valence-electron chi connectivity index (χ4n) is 4.96. The van der Waals surface area contributed by atoms with Crippen molar-refractivity contribution in [1.82, 2.24) is 0 Å². The number of aliphatic hydroxyl groups excluding tert-OH is 2. The third-order valence-corrected chi connectivity index (χ3v) is 6.38. The van der Waals surface area contributed by atoms with Crippen LogP contribution in [0, 0.1) is 41.4 Å². The summed E-state index contributed by atoms with van der Waals surface area (Å²) in [4.78, 5) is 12.3. The minimum absolute atomic E-state index is 0.0952. The number of fused-ring (bicyclic) bond motifs is 1. The molecule has 3 heteroatoms. The zero-order valence-corrected chi connectivity index (χ0v) is 14.2. The van der Waals surface area contributed by atoms with Gasteiger partial charge in [-0.3, -0.25) is 4.79 Å². The molecule has 0 heterocycles. The van der Waals surface area contributed by atoms with E-state index in [1.807, 2.05) is 0 Å². The Morgan fingerprint density at radius 1 is 1.22 bits per heavy atom. The Hall–Kier alpha value is -0.850. The number of hydrogen-bond donors (Lipinski definition) is 2. The third kappa shape index (κ3) is 3.35. The van der Waals surface area contributed by atoms with E-state index in [9.17, 15) is 15.0 Å². The Kier molecular flexibility index (Phi) is 5.44. The predicted molar refractivity (Wildman–Crippen MR) is 89.5 cm³/mol. The normalized spacial score (nSPS) is 38.4. The monoisotopic (exact) mass is 318 g/mol. The first-order chi connectivity index (χ1) is 11.1. The van der Waals surface area contributed by atoms with Crippen molar-refractivity contribution < 1.29 is 15.0 Å². The Labute approximate surface area is 139 Å². The predicted octanol–water partition coefficient (Wildman–Crippen LogP) is 2.93. The van der Waals surface area contributed by atoms with Crippen LogP contribution in [0.2, 0.25) is 0 Å². The molecule has 3 aliphatic rings. The summed E-state index contributed by atoms with van der Waals surface area (Å²) in [6.07, 6.45) is 8.10. The molecule has 23 heavy (non-hydrogen) atoms. The molecule has 6 atom stereocenters. The molecule has 0 amide bonds. The molecule has 3 saturated carbocycles. The molecule has 0 aliphatic heterocycles. The molecule has 3 aliphatic carbocycles. The fourth-order valence-corrected chi connectivity index (χ4v) is 4.96. The van der Waals surface area contributed by atoms with Crippen LogP contribution in [-0.4, -0.2) is 28.2 Å². The van der Waals surface area contributed by atoms with E-state index in [0.717, 1.165) is 38.5 Å². The Bertz CT molecular complexity index is 483. The SMILES string of the molecule is CCCCC1C(=O)[C@@H]2CC[C@H](O)[C@@H](C#C[C@@H](O)C3CCCC3)[C@H]12. The van der Waals surface area contributed by atoms with Crippen LogP contribution in [-0.2, 0) is 4.79 Å². The second-order valence-corrected chi connectivity index (χ2v) is 7.78. The summed E-state index contributed by atoms with van der Waals surface area (Å²) in [5.74, 6) is 7.26. The number of ketones is 1. The maximum Gasteiger partial charge on any atom is 0.139 e. The summed E-state index contributed by atoms with van der Waals surface area (Å²) in [6, 6.07) is 0. The van der Waals surface area contributed by atoms with Crippen molar-refractivity contribution in [3.8, 4) is 11.8 Å². The summed E-state index contributed by atoms with van der Waals surface area (Å²) < 4.78 is 0. The van der Waals surface area contributed by atoms with Gasteiger partial charge in [-0.15, -0.1) is 0 Å². The third-order valence-electron chi connectivity index (χ3n) is 6.38. The zero-order valence-electron chi connectivity index (χ0n) is 14.2. The van der Waals surface area contributed by atoms with Crippen LogP contribution in [0.5, 0.6) is 0 Å². The molecule has 0 spiro atoms. The summed E-state index contributed by atoms with van der Waals surface area (Å²) in [5.41, 5.74) is 0. The number of hydrogen-bond acceptors (Lipinski definition) is 3. The Morgan fingerprint density at radius 2 is 1.96 bits per heavy atom. The first kappa shape index (κ1) is 17.0. The maximum atomic E-state index is 12.3. The lowest BCUT2D eigenvalue weighted by atomic mass is 9.52. The van der Waals surface area contributed by atoms with Gasteiger partial charge in [-0.25, -0.2) is 0 Å². The van der Waals surface area contributed by atoms with Gasteiger partial charge in [-0.2, -0.15) is 0 Å². The van der Waals surface area contributed by atoms with Crippen LogP contribution in [0.3, 0.4) is 0 Å². The molecular weight excluding hydrogens is 288 g/mol. The number of rotatable bonds is 4. The van der Waals surface area contributed by atoms with Gasteiger partial charge in [-0.05, 0) is 43.9 Å². The van der Waals surface area contributed by atoms with Gasteiger partial charge < -0.3 is 10.2 Å². The van der Waals surface area contributed by atoms with Crippen LogP contribution in [0.15, 0.2) is 0 Å². The van der Waals surface area contributed by atoms with E-state index < -0.39 is 12.2 Å². The van der Waals surface area contributed by atoms with Gasteiger partial charge in [0.05, 0.1) is 12.0 Å². The number of Topliss-reactive ketones (excluding diaryl/α,β-unsaturated/α-hetero) is 1. The molecule has 128 valence electrons. The van der Waals surface area contributed by atoms with Crippen molar-refractivity contribution in [2.24, 2.45) is 29.6 Å². The second-order valence-electron chi connectivity index (χ2n) is 7.78. The van der Waals surface area contributed by atoms with Gasteiger partial charge >= 0.3 is 0 Å². The molecule has 2 N–H and O–H groups in total. The second kappa shape index (κ2) is 7.36. The number of carbonyl (C=O) groups excluding carboxylic acids is 1. The molecule has 3 fully saturated rings. The Morgan fingerprint density at radius 3 is 2.65 bits per heavy atom. The first-order valence-electron chi connectivity index (χ1n) is 9.54. The smallest absolute Gasteiger partial charge is 0.139 e. The molecule has 1 unspecified atom stereocenters. The van der Waals surface area contributed by atoms with E-state index >= 15 is 0 Å². The summed E-state index contributed by atoms with van der Waals surface area (Å²) in [6.45, 7) is 2.14. The molecule has 3 rings (SSSR count). The van der Waals surface area contributed by atoms with Gasteiger partial charge in [0.2, 0.25) is 0 Å². The Balaban J connectivity index is 1.69. The van der Waals surface area contributed by atoms with Crippen molar-refractivity contribution in [2.75, 3.05) is 0 Å². The number of unbranched alkanes of at least 4 members (excludes halogenated alkanes) is 1. The zero-order chi connectivity index (χ0) is 16.4. The highest BCUT2D eigenvalue weighted by Crippen LogP contribution is 2.51. The topological polar surface area (TPSA) is 57.5 Å². The molecule has 0 radical (unpaired) electrons. The van der Waals surface area contributed by atoms with Crippen molar-refractivity contribution in [3.63, 3.8) is 0 Å². The molecule has 0 aromatic carbocycles. The quantitative estimate of drug-likeness (QED) is 0.784. The maximum absolute atomic E-state index is 12.3. The van der Waals surface area contributed by atoms with E-state index in [2.05, 4.69) is 18.8 Å². The minimum atomic E-state index is -0.560. The van der Waals surface area contributed by atoms with Gasteiger partial charge in [0.25, 0.3) is 0 Å². The fraction of sp³-hybridized carbons (Fsp3) is 0.850. The van der Waals surface area contributed by atoms with Crippen molar-refractivity contribution in [1.29, 1.82) is 0 Å². The van der Waals surface area contributed by atoms with Crippen LogP contribution < -0.4 is 0 Å². The van der Waals surface area contributed by atoms with Gasteiger partial charge in [0.15, 0.2) is 0 Å². The minimum Gasteiger partial charge on any atom is -0.392 e. The van der Waals surface area contributed by atoms with Crippen LogP contribution >= 0.6 is 0 Å². The van der Waals surface area contributed by atoms with Crippen LogP contribution in [0.4, 0.5) is 0 Å². The molecule has 0 aromatic heterocycles. The number of aliphatic hydroxyl groups is 2. The first-order valence-corrected chi connectivity index (χ1v) is 9.54. The number of carbonyl (C=O) groups is 1. The highest BCUT2D eigenvalue weighted by atomic mass is 16.3. The lowest BCUT2D eigenvalue weighted by Gasteiger charge is -2.50. The van der Waals surface area contributed by atoms with Gasteiger partial charge in [0.1, 0.15) is 11.9 Å². The molecule has 0 saturated heterocycles. The highest BCUT2D eigenvalue weighted by Gasteiger charge is 2.55. The van der Waals surface area contributed by atoms with Crippen molar-refractivity contribution in [2.45, 2.75) is 76.9 Å². The van der Waals surface area contributed by atoms with E-state index in [1.54, 1.807) is 0 Å². The van der Waals surface area contributed by atoms with Gasteiger partial charge in [0, 0.05) is 11.8 Å². The van der Waals surface area contributed by atoms with Gasteiger partial charge in [-0.1, -0.05) is 44.4 Å². The average molecular weight is 318 g/mol. The van der Waals surface area contributed by atoms with Crippen molar-refractivity contribution in [3.05, 3.63) is 0 Å². The molecule has 0 bridgehead atoms. The van der Waals surface area contributed by atoms with E-state index in [0.29, 0.717) is 18.1 Å². The average Bonchev–Trinajstić information content (AvgIpc) is 3.08. The summed E-state index contributed by atoms with van der Waals surface area (Å²) in [7, 11) is 0. The van der Waals surface area contributed by atoms with E-state index in [-0.39, 0.29) is 23.7 Å². The van der Waals surface area contributed by atoms with Crippen LogP contribution in [0.1, 0.15) is 64.7 Å².